The SMILES string of the molecule is CCN(C(C)CC(=O)O)C(C)Cc1ccccc1F. The zero-order valence-corrected chi connectivity index (χ0v) is 11.8. The van der Waals surface area contributed by atoms with Gasteiger partial charge in [0, 0.05) is 12.1 Å². The Kier molecular flexibility index (Phi) is 5.96. The van der Waals surface area contributed by atoms with Crippen molar-refractivity contribution in [1.29, 1.82) is 0 Å². The summed E-state index contributed by atoms with van der Waals surface area (Å²) < 4.78 is 13.6. The van der Waals surface area contributed by atoms with Crippen LogP contribution in [0.4, 0.5) is 4.39 Å². The second-order valence-corrected chi connectivity index (χ2v) is 4.92. The van der Waals surface area contributed by atoms with Crippen molar-refractivity contribution < 1.29 is 14.3 Å². The number of carboxylic acid groups (broad SMARTS) is 1. The lowest BCUT2D eigenvalue weighted by molar-refractivity contribution is -0.138. The van der Waals surface area contributed by atoms with E-state index in [-0.39, 0.29) is 24.3 Å². The predicted molar refractivity (Wildman–Crippen MR) is 73.7 cm³/mol. The highest BCUT2D eigenvalue weighted by Crippen LogP contribution is 2.15. The van der Waals surface area contributed by atoms with Crippen molar-refractivity contribution in [2.24, 2.45) is 0 Å². The third-order valence-corrected chi connectivity index (χ3v) is 3.44. The molecule has 4 heteroatoms. The lowest BCUT2D eigenvalue weighted by Crippen LogP contribution is -2.42. The molecule has 19 heavy (non-hydrogen) atoms. The largest absolute Gasteiger partial charge is 0.481 e. The number of aliphatic carboxylic acids is 1. The van der Waals surface area contributed by atoms with E-state index in [1.54, 1.807) is 12.1 Å². The third kappa shape index (κ3) is 4.63. The number of rotatable bonds is 7. The van der Waals surface area contributed by atoms with Crippen LogP contribution in [0.1, 0.15) is 32.8 Å². The minimum Gasteiger partial charge on any atom is -0.481 e. The monoisotopic (exact) mass is 267 g/mol. The Hall–Kier alpha value is -1.42. The summed E-state index contributed by atoms with van der Waals surface area (Å²) in [5, 5.41) is 8.86. The van der Waals surface area contributed by atoms with Crippen LogP contribution in [0.3, 0.4) is 0 Å². The van der Waals surface area contributed by atoms with Gasteiger partial charge in [-0.2, -0.15) is 0 Å². The fourth-order valence-corrected chi connectivity index (χ4v) is 2.53. The highest BCUT2D eigenvalue weighted by molar-refractivity contribution is 5.67. The molecule has 2 atom stereocenters. The van der Waals surface area contributed by atoms with Crippen molar-refractivity contribution in [1.82, 2.24) is 4.90 Å². The van der Waals surface area contributed by atoms with E-state index in [9.17, 15) is 9.18 Å². The number of hydrogen-bond donors (Lipinski definition) is 1. The van der Waals surface area contributed by atoms with E-state index in [4.69, 9.17) is 5.11 Å². The van der Waals surface area contributed by atoms with Crippen molar-refractivity contribution in [2.75, 3.05) is 6.54 Å². The average molecular weight is 267 g/mol. The van der Waals surface area contributed by atoms with Crippen molar-refractivity contribution in [3.63, 3.8) is 0 Å². The summed E-state index contributed by atoms with van der Waals surface area (Å²) in [6.45, 7) is 6.66. The van der Waals surface area contributed by atoms with Gasteiger partial charge in [-0.25, -0.2) is 4.39 Å². The molecule has 0 aliphatic carbocycles. The van der Waals surface area contributed by atoms with Crippen LogP contribution in [0.5, 0.6) is 0 Å². The van der Waals surface area contributed by atoms with Crippen LogP contribution in [0.25, 0.3) is 0 Å². The summed E-state index contributed by atoms with van der Waals surface area (Å²) >= 11 is 0. The van der Waals surface area contributed by atoms with Crippen LogP contribution < -0.4 is 0 Å². The predicted octanol–water partition coefficient (Wildman–Crippen LogP) is 2.94. The van der Waals surface area contributed by atoms with Crippen LogP contribution in [-0.2, 0) is 11.2 Å². The smallest absolute Gasteiger partial charge is 0.304 e. The van der Waals surface area contributed by atoms with Gasteiger partial charge in [-0.15, -0.1) is 0 Å². The van der Waals surface area contributed by atoms with E-state index in [0.717, 1.165) is 6.54 Å². The van der Waals surface area contributed by atoms with Crippen LogP contribution in [0, 0.1) is 5.82 Å². The van der Waals surface area contributed by atoms with E-state index in [1.807, 2.05) is 26.8 Å². The standard InChI is InChI=1S/C15H22FNO2/c1-4-17(12(3)10-15(18)19)11(2)9-13-7-5-6-8-14(13)16/h5-8,11-12H,4,9-10H2,1-3H3,(H,18,19). The fourth-order valence-electron chi connectivity index (χ4n) is 2.53. The highest BCUT2D eigenvalue weighted by atomic mass is 19.1. The Morgan fingerprint density at radius 3 is 2.47 bits per heavy atom. The van der Waals surface area contributed by atoms with Crippen LogP contribution in [0.15, 0.2) is 24.3 Å². The molecule has 1 aromatic carbocycles. The Bertz CT molecular complexity index is 422. The second kappa shape index (κ2) is 7.24. The molecule has 0 saturated carbocycles. The number of likely N-dealkylation sites (N-methyl/N-ethyl adjacent to an activating group) is 1. The molecule has 0 fully saturated rings. The molecule has 1 rings (SSSR count). The molecule has 0 bridgehead atoms. The van der Waals surface area contributed by atoms with Gasteiger partial charge in [0.1, 0.15) is 5.82 Å². The van der Waals surface area contributed by atoms with E-state index in [0.29, 0.717) is 12.0 Å². The number of carboxylic acids is 1. The maximum atomic E-state index is 13.6. The van der Waals surface area contributed by atoms with Crippen LogP contribution >= 0.6 is 0 Å². The number of halogens is 1. The van der Waals surface area contributed by atoms with E-state index in [2.05, 4.69) is 4.90 Å². The zero-order chi connectivity index (χ0) is 14.4. The molecule has 0 spiro atoms. The molecular weight excluding hydrogens is 245 g/mol. The van der Waals surface area contributed by atoms with Crippen LogP contribution in [0.2, 0.25) is 0 Å². The molecule has 0 heterocycles. The average Bonchev–Trinajstić information content (AvgIpc) is 2.32. The highest BCUT2D eigenvalue weighted by Gasteiger charge is 2.21. The molecule has 0 aliphatic heterocycles. The lowest BCUT2D eigenvalue weighted by Gasteiger charge is -2.33. The van der Waals surface area contributed by atoms with Gasteiger partial charge in [-0.05, 0) is 38.4 Å². The molecule has 1 N–H and O–H groups in total. The Labute approximate surface area is 114 Å². The Morgan fingerprint density at radius 2 is 1.95 bits per heavy atom. The zero-order valence-electron chi connectivity index (χ0n) is 11.8. The van der Waals surface area contributed by atoms with Gasteiger partial charge in [-0.1, -0.05) is 25.1 Å². The normalized spacial score (nSPS) is 14.4. The maximum Gasteiger partial charge on any atom is 0.304 e. The van der Waals surface area contributed by atoms with Crippen molar-refractivity contribution in [3.8, 4) is 0 Å². The third-order valence-electron chi connectivity index (χ3n) is 3.44. The first kappa shape index (κ1) is 15.6. The molecule has 0 aromatic heterocycles. The van der Waals surface area contributed by atoms with Gasteiger partial charge >= 0.3 is 5.97 Å². The minimum atomic E-state index is -0.802. The quantitative estimate of drug-likeness (QED) is 0.825. The van der Waals surface area contributed by atoms with Gasteiger partial charge in [0.15, 0.2) is 0 Å². The number of hydrogen-bond acceptors (Lipinski definition) is 2. The Morgan fingerprint density at radius 1 is 1.32 bits per heavy atom. The second-order valence-electron chi connectivity index (χ2n) is 4.92. The Balaban J connectivity index is 2.71. The minimum absolute atomic E-state index is 0.0516. The first-order chi connectivity index (χ1) is 8.95. The summed E-state index contributed by atoms with van der Waals surface area (Å²) in [5.41, 5.74) is 0.677. The summed E-state index contributed by atoms with van der Waals surface area (Å²) in [4.78, 5) is 12.9. The molecule has 2 unspecified atom stereocenters. The molecule has 3 nitrogen and oxygen atoms in total. The van der Waals surface area contributed by atoms with E-state index < -0.39 is 5.97 Å². The number of nitrogens with zero attached hydrogens (tertiary/aromatic N) is 1. The lowest BCUT2D eigenvalue weighted by atomic mass is 10.0. The van der Waals surface area contributed by atoms with Crippen molar-refractivity contribution in [3.05, 3.63) is 35.6 Å². The summed E-state index contributed by atoms with van der Waals surface area (Å²) in [7, 11) is 0. The van der Waals surface area contributed by atoms with Gasteiger partial charge in [0.25, 0.3) is 0 Å². The van der Waals surface area contributed by atoms with Gasteiger partial charge in [0.05, 0.1) is 6.42 Å². The first-order valence-corrected chi connectivity index (χ1v) is 6.66. The van der Waals surface area contributed by atoms with E-state index in [1.165, 1.54) is 6.07 Å². The molecule has 1 aromatic rings. The fraction of sp³-hybridized carbons (Fsp3) is 0.533. The summed E-state index contributed by atoms with van der Waals surface area (Å²) in [6, 6.07) is 6.79. The molecule has 0 aliphatic rings. The molecular formula is C15H22FNO2. The van der Waals surface area contributed by atoms with E-state index >= 15 is 0 Å². The van der Waals surface area contributed by atoms with Crippen LogP contribution in [-0.4, -0.2) is 34.6 Å². The van der Waals surface area contributed by atoms with Gasteiger partial charge in [-0.3, -0.25) is 9.69 Å². The molecule has 0 amide bonds. The maximum absolute atomic E-state index is 13.6. The topological polar surface area (TPSA) is 40.5 Å². The summed E-state index contributed by atoms with van der Waals surface area (Å²) in [5.74, 6) is -1.000. The molecule has 0 radical (unpaired) electrons. The number of benzene rings is 1. The van der Waals surface area contributed by atoms with Crippen molar-refractivity contribution >= 4 is 5.97 Å². The van der Waals surface area contributed by atoms with Crippen molar-refractivity contribution in [2.45, 2.75) is 45.7 Å². The van der Waals surface area contributed by atoms with Gasteiger partial charge in [0.2, 0.25) is 0 Å². The first-order valence-electron chi connectivity index (χ1n) is 6.66. The molecule has 106 valence electrons. The van der Waals surface area contributed by atoms with Gasteiger partial charge < -0.3 is 5.11 Å². The molecule has 0 saturated heterocycles. The number of carbonyl (C=O) groups is 1. The summed E-state index contributed by atoms with van der Waals surface area (Å²) in [6.07, 6.45) is 0.694.